The largest absolute Gasteiger partial charge is 0.480 e. The Bertz CT molecular complexity index is 437. The third-order valence-corrected chi connectivity index (χ3v) is 3.93. The van der Waals surface area contributed by atoms with Crippen LogP contribution < -0.4 is 10.6 Å². The van der Waals surface area contributed by atoms with E-state index >= 15 is 0 Å². The van der Waals surface area contributed by atoms with Gasteiger partial charge in [-0.15, -0.1) is 0 Å². The first-order valence-electron chi connectivity index (χ1n) is 4.63. The van der Waals surface area contributed by atoms with Crippen LogP contribution in [0.4, 0.5) is 5.69 Å². The molecule has 0 amide bonds. The number of pyridine rings is 1. The van der Waals surface area contributed by atoms with E-state index in [1.807, 2.05) is 6.07 Å². The molecule has 2 aliphatic heterocycles. The van der Waals surface area contributed by atoms with Crippen LogP contribution in [0.15, 0.2) is 17.3 Å². The number of aliphatic carboxylic acids is 1. The third kappa shape index (κ3) is 1.22. The summed E-state index contributed by atoms with van der Waals surface area (Å²) in [5.41, 5.74) is 2.00. The van der Waals surface area contributed by atoms with Crippen LogP contribution in [0.5, 0.6) is 0 Å². The van der Waals surface area contributed by atoms with E-state index in [1.165, 1.54) is 11.8 Å². The molecule has 0 fully saturated rings. The van der Waals surface area contributed by atoms with Crippen molar-refractivity contribution in [3.8, 4) is 0 Å². The summed E-state index contributed by atoms with van der Waals surface area (Å²) in [4.78, 5) is 15.3. The molecule has 2 atom stereocenters. The number of aromatic nitrogens is 1. The van der Waals surface area contributed by atoms with Crippen molar-refractivity contribution in [1.29, 1.82) is 0 Å². The second kappa shape index (κ2) is 3.11. The van der Waals surface area contributed by atoms with E-state index in [9.17, 15) is 4.79 Å². The molecule has 78 valence electrons. The molecular formula is C9H9N3O2S. The summed E-state index contributed by atoms with van der Waals surface area (Å²) in [7, 11) is 0. The zero-order chi connectivity index (χ0) is 10.4. The van der Waals surface area contributed by atoms with Crippen molar-refractivity contribution >= 4 is 23.4 Å². The van der Waals surface area contributed by atoms with Crippen LogP contribution in [-0.4, -0.2) is 28.0 Å². The Morgan fingerprint density at radius 1 is 1.67 bits per heavy atom. The Hall–Kier alpha value is -1.27. The van der Waals surface area contributed by atoms with Gasteiger partial charge in [-0.2, -0.15) is 0 Å². The molecule has 1 aromatic rings. The van der Waals surface area contributed by atoms with Crippen molar-refractivity contribution in [2.24, 2.45) is 0 Å². The molecule has 6 heteroatoms. The number of hydrogen-bond acceptors (Lipinski definition) is 5. The number of carboxylic acid groups (broad SMARTS) is 1. The minimum absolute atomic E-state index is 0.118. The van der Waals surface area contributed by atoms with Gasteiger partial charge in [-0.1, -0.05) is 11.8 Å². The van der Waals surface area contributed by atoms with E-state index in [1.54, 1.807) is 6.20 Å². The van der Waals surface area contributed by atoms with E-state index in [0.29, 0.717) is 6.67 Å². The van der Waals surface area contributed by atoms with Gasteiger partial charge in [-0.3, -0.25) is 10.1 Å². The molecule has 3 heterocycles. The molecule has 0 aromatic carbocycles. The molecule has 0 bridgehead atoms. The highest BCUT2D eigenvalue weighted by molar-refractivity contribution is 8.00. The fourth-order valence-electron chi connectivity index (χ4n) is 2.00. The van der Waals surface area contributed by atoms with Gasteiger partial charge in [0.2, 0.25) is 0 Å². The Morgan fingerprint density at radius 3 is 3.33 bits per heavy atom. The van der Waals surface area contributed by atoms with E-state index < -0.39 is 11.2 Å². The first-order valence-corrected chi connectivity index (χ1v) is 5.51. The second-order valence-corrected chi connectivity index (χ2v) is 4.62. The van der Waals surface area contributed by atoms with E-state index in [2.05, 4.69) is 15.6 Å². The van der Waals surface area contributed by atoms with E-state index in [0.717, 1.165) is 16.3 Å². The first-order chi connectivity index (χ1) is 7.27. The monoisotopic (exact) mass is 223 g/mol. The van der Waals surface area contributed by atoms with Crippen LogP contribution in [0.1, 0.15) is 11.6 Å². The number of hydrogen-bond donors (Lipinski definition) is 3. The summed E-state index contributed by atoms with van der Waals surface area (Å²) in [6.45, 7) is 0.603. The van der Waals surface area contributed by atoms with Gasteiger partial charge >= 0.3 is 5.97 Å². The van der Waals surface area contributed by atoms with Crippen LogP contribution in [0.25, 0.3) is 0 Å². The lowest BCUT2D eigenvalue weighted by Gasteiger charge is -2.25. The topological polar surface area (TPSA) is 74.2 Å². The molecule has 3 rings (SSSR count). The molecule has 1 aromatic heterocycles. The zero-order valence-electron chi connectivity index (χ0n) is 7.73. The maximum Gasteiger partial charge on any atom is 0.319 e. The lowest BCUT2D eigenvalue weighted by molar-refractivity contribution is -0.136. The molecule has 2 aliphatic rings. The quantitative estimate of drug-likeness (QED) is 0.649. The highest BCUT2D eigenvalue weighted by Crippen LogP contribution is 2.47. The SMILES string of the molecule is O=C(O)C1Sc2nccc3c2C1NCN3. The smallest absolute Gasteiger partial charge is 0.319 e. The number of nitrogens with one attached hydrogen (secondary N) is 2. The molecule has 0 saturated carbocycles. The van der Waals surface area contributed by atoms with Crippen LogP contribution in [-0.2, 0) is 4.79 Å². The van der Waals surface area contributed by atoms with Gasteiger partial charge in [-0.25, -0.2) is 4.98 Å². The highest BCUT2D eigenvalue weighted by atomic mass is 32.2. The average Bonchev–Trinajstić information content (AvgIpc) is 2.61. The predicted molar refractivity (Wildman–Crippen MR) is 55.9 cm³/mol. The summed E-state index contributed by atoms with van der Waals surface area (Å²) < 4.78 is 0. The van der Waals surface area contributed by atoms with Crippen LogP contribution in [0, 0.1) is 0 Å². The van der Waals surface area contributed by atoms with Gasteiger partial charge in [0.05, 0.1) is 12.7 Å². The minimum Gasteiger partial charge on any atom is -0.480 e. The molecule has 0 aliphatic carbocycles. The van der Waals surface area contributed by atoms with Gasteiger partial charge < -0.3 is 10.4 Å². The van der Waals surface area contributed by atoms with Gasteiger partial charge in [0.15, 0.2) is 0 Å². The number of carbonyl (C=O) groups is 1. The summed E-state index contributed by atoms with van der Waals surface area (Å²) in [5, 5.41) is 15.8. The van der Waals surface area contributed by atoms with Gasteiger partial charge in [0.1, 0.15) is 10.3 Å². The van der Waals surface area contributed by atoms with Gasteiger partial charge in [-0.05, 0) is 6.07 Å². The number of thioether (sulfide) groups is 1. The molecule has 0 saturated heterocycles. The van der Waals surface area contributed by atoms with Crippen molar-refractivity contribution in [1.82, 2.24) is 10.3 Å². The van der Waals surface area contributed by atoms with Crippen molar-refractivity contribution in [3.63, 3.8) is 0 Å². The molecule has 3 N–H and O–H groups in total. The van der Waals surface area contributed by atoms with Crippen LogP contribution in [0.2, 0.25) is 0 Å². The Morgan fingerprint density at radius 2 is 2.53 bits per heavy atom. The fraction of sp³-hybridized carbons (Fsp3) is 0.333. The second-order valence-electron chi connectivity index (χ2n) is 3.49. The number of anilines is 1. The Labute approximate surface area is 90.3 Å². The van der Waals surface area contributed by atoms with E-state index in [-0.39, 0.29) is 6.04 Å². The van der Waals surface area contributed by atoms with Crippen molar-refractivity contribution in [3.05, 3.63) is 17.8 Å². The molecule has 2 unspecified atom stereocenters. The van der Waals surface area contributed by atoms with Crippen molar-refractivity contribution in [2.75, 3.05) is 12.0 Å². The molecular weight excluding hydrogens is 214 g/mol. The standard InChI is InChI=1S/C9H9N3O2S/c13-9(14)7-6-5-4(11-3-12-6)1-2-10-8(5)15-7/h1-2,6-7,11-12H,3H2,(H,13,14). The molecule has 15 heavy (non-hydrogen) atoms. The molecule has 0 radical (unpaired) electrons. The van der Waals surface area contributed by atoms with Crippen LogP contribution in [0.3, 0.4) is 0 Å². The zero-order valence-corrected chi connectivity index (χ0v) is 8.54. The highest BCUT2D eigenvalue weighted by Gasteiger charge is 2.41. The van der Waals surface area contributed by atoms with Gasteiger partial charge in [0, 0.05) is 17.4 Å². The third-order valence-electron chi connectivity index (χ3n) is 2.65. The van der Waals surface area contributed by atoms with Crippen molar-refractivity contribution < 1.29 is 9.90 Å². The first kappa shape index (κ1) is 8.99. The lowest BCUT2D eigenvalue weighted by atomic mass is 10.0. The Balaban J connectivity index is 2.12. The summed E-state index contributed by atoms with van der Waals surface area (Å²) in [6, 6.07) is 1.77. The summed E-state index contributed by atoms with van der Waals surface area (Å²) in [5.74, 6) is -0.789. The number of rotatable bonds is 1. The summed E-state index contributed by atoms with van der Waals surface area (Å²) in [6.07, 6.45) is 1.71. The maximum atomic E-state index is 11.1. The maximum absolute atomic E-state index is 11.1. The fourth-order valence-corrected chi connectivity index (χ4v) is 3.20. The predicted octanol–water partition coefficient (Wildman–Crippen LogP) is 0.654. The average molecular weight is 223 g/mol. The van der Waals surface area contributed by atoms with Crippen molar-refractivity contribution in [2.45, 2.75) is 16.3 Å². The van der Waals surface area contributed by atoms with Gasteiger partial charge in [0.25, 0.3) is 0 Å². The minimum atomic E-state index is -0.789. The Kier molecular flexibility index (Phi) is 1.86. The number of carboxylic acids is 1. The van der Waals surface area contributed by atoms with E-state index in [4.69, 9.17) is 5.11 Å². The lowest BCUT2D eigenvalue weighted by Crippen LogP contribution is -2.38. The van der Waals surface area contributed by atoms with Crippen LogP contribution >= 0.6 is 11.8 Å². The molecule has 5 nitrogen and oxygen atoms in total. The summed E-state index contributed by atoms with van der Waals surface area (Å²) >= 11 is 1.32. The number of nitrogens with zero attached hydrogens (tertiary/aromatic N) is 1. The normalized spacial score (nSPS) is 26.9. The molecule has 0 spiro atoms.